The lowest BCUT2D eigenvalue weighted by molar-refractivity contribution is 0.0524. The third-order valence-corrected chi connectivity index (χ3v) is 6.44. The van der Waals surface area contributed by atoms with Crippen molar-refractivity contribution >= 4 is 16.7 Å². The molecule has 2 aromatic carbocycles. The molecule has 0 heterocycles. The summed E-state index contributed by atoms with van der Waals surface area (Å²) in [5, 5.41) is 2.12. The van der Waals surface area contributed by atoms with Crippen molar-refractivity contribution in [3.63, 3.8) is 0 Å². The maximum atomic E-state index is 11.7. The first kappa shape index (κ1) is 17.4. The summed E-state index contributed by atoms with van der Waals surface area (Å²) in [4.78, 5) is 11.7. The van der Waals surface area contributed by atoms with Crippen LogP contribution in [0.1, 0.15) is 68.1 Å². The molecule has 0 aromatic heterocycles. The van der Waals surface area contributed by atoms with E-state index < -0.39 is 0 Å². The van der Waals surface area contributed by atoms with Crippen molar-refractivity contribution < 1.29 is 14.3 Å². The second kappa shape index (κ2) is 7.30. The van der Waals surface area contributed by atoms with Gasteiger partial charge in [-0.2, -0.15) is 0 Å². The van der Waals surface area contributed by atoms with E-state index in [1.807, 2.05) is 30.3 Å². The van der Waals surface area contributed by atoms with Crippen LogP contribution in [0.5, 0.6) is 5.75 Å². The van der Waals surface area contributed by atoms with Crippen LogP contribution in [0.3, 0.4) is 0 Å². The van der Waals surface area contributed by atoms with Crippen molar-refractivity contribution in [1.82, 2.24) is 0 Å². The van der Waals surface area contributed by atoms with Gasteiger partial charge in [0.2, 0.25) is 0 Å². The molecule has 3 nitrogen and oxygen atoms in total. The van der Waals surface area contributed by atoms with Crippen LogP contribution < -0.4 is 4.74 Å². The van der Waals surface area contributed by atoms with Crippen molar-refractivity contribution in [2.75, 3.05) is 7.11 Å². The molecule has 2 fully saturated rings. The van der Waals surface area contributed by atoms with Crippen LogP contribution in [0.15, 0.2) is 36.4 Å². The molecule has 2 aliphatic carbocycles. The maximum absolute atomic E-state index is 11.7. The summed E-state index contributed by atoms with van der Waals surface area (Å²) in [6.07, 6.45) is 12.5. The number of fused-ring (bicyclic) bond motifs is 1. The molecule has 0 aliphatic heterocycles. The summed E-state index contributed by atoms with van der Waals surface area (Å²) in [7, 11) is 1.41. The molecule has 0 N–H and O–H groups in total. The number of hydrogen-bond acceptors (Lipinski definition) is 3. The second-order valence-corrected chi connectivity index (χ2v) is 8.09. The number of ether oxygens (including phenoxy) is 2. The lowest BCUT2D eigenvalue weighted by Crippen LogP contribution is -2.33. The van der Waals surface area contributed by atoms with Gasteiger partial charge in [-0.05, 0) is 79.0 Å². The van der Waals surface area contributed by atoms with E-state index in [9.17, 15) is 4.79 Å². The van der Waals surface area contributed by atoms with Crippen molar-refractivity contribution in [3.05, 3.63) is 42.0 Å². The number of methoxy groups -OCH3 is 1. The van der Waals surface area contributed by atoms with Gasteiger partial charge in [0.05, 0.1) is 18.8 Å². The molecule has 0 bridgehead atoms. The van der Waals surface area contributed by atoms with E-state index in [0.717, 1.165) is 16.5 Å². The van der Waals surface area contributed by atoms with E-state index >= 15 is 0 Å². The molecule has 0 radical (unpaired) electrons. The smallest absolute Gasteiger partial charge is 0.337 e. The Morgan fingerprint density at radius 3 is 2.35 bits per heavy atom. The van der Waals surface area contributed by atoms with Gasteiger partial charge in [-0.15, -0.1) is 0 Å². The quantitative estimate of drug-likeness (QED) is 0.645. The van der Waals surface area contributed by atoms with Gasteiger partial charge in [0.15, 0.2) is 0 Å². The highest BCUT2D eigenvalue weighted by Crippen LogP contribution is 2.47. The van der Waals surface area contributed by atoms with Crippen LogP contribution in [-0.4, -0.2) is 19.2 Å². The standard InChI is InChI=1S/C23H28O3/c1-25-22(24)19-6-5-18-16-21(8-7-17(18)15-19)26-20-9-13-23(14-10-20)11-3-2-4-12-23/h5-8,15-16,20H,2-4,9-14H2,1H3. The summed E-state index contributed by atoms with van der Waals surface area (Å²) in [6, 6.07) is 11.8. The monoisotopic (exact) mass is 352 g/mol. The molecule has 138 valence electrons. The van der Waals surface area contributed by atoms with Crippen molar-refractivity contribution in [1.29, 1.82) is 0 Å². The summed E-state index contributed by atoms with van der Waals surface area (Å²) in [6.45, 7) is 0. The lowest BCUT2D eigenvalue weighted by atomic mass is 9.65. The van der Waals surface area contributed by atoms with E-state index in [1.165, 1.54) is 64.9 Å². The molecule has 2 aliphatic rings. The summed E-state index contributed by atoms with van der Waals surface area (Å²) < 4.78 is 11.1. The zero-order chi connectivity index (χ0) is 18.0. The molecule has 26 heavy (non-hydrogen) atoms. The summed E-state index contributed by atoms with van der Waals surface area (Å²) in [5.41, 5.74) is 1.21. The predicted octanol–water partition coefficient (Wildman–Crippen LogP) is 5.90. The first-order valence-corrected chi connectivity index (χ1v) is 9.96. The molecule has 2 saturated carbocycles. The van der Waals surface area contributed by atoms with Gasteiger partial charge in [0.1, 0.15) is 5.75 Å². The fourth-order valence-corrected chi connectivity index (χ4v) is 4.86. The Bertz CT molecular complexity index is 779. The first-order valence-electron chi connectivity index (χ1n) is 9.96. The normalized spacial score (nSPS) is 20.2. The van der Waals surface area contributed by atoms with Crippen LogP contribution in [-0.2, 0) is 4.74 Å². The van der Waals surface area contributed by atoms with E-state index in [1.54, 1.807) is 0 Å². The second-order valence-electron chi connectivity index (χ2n) is 8.09. The highest BCUT2D eigenvalue weighted by atomic mass is 16.5. The molecule has 1 spiro atoms. The Labute approximate surface area is 155 Å². The number of carbonyl (C=O) groups is 1. The molecular formula is C23H28O3. The number of carbonyl (C=O) groups excluding carboxylic acids is 1. The number of benzene rings is 2. The van der Waals surface area contributed by atoms with E-state index in [2.05, 4.69) is 6.07 Å². The van der Waals surface area contributed by atoms with Crippen molar-refractivity contribution in [2.45, 2.75) is 63.9 Å². The minimum absolute atomic E-state index is 0.300. The molecular weight excluding hydrogens is 324 g/mol. The van der Waals surface area contributed by atoms with Gasteiger partial charge >= 0.3 is 5.97 Å². The Kier molecular flexibility index (Phi) is 4.88. The molecule has 0 atom stereocenters. The van der Waals surface area contributed by atoms with Gasteiger partial charge in [0, 0.05) is 0 Å². The van der Waals surface area contributed by atoms with Gasteiger partial charge in [0.25, 0.3) is 0 Å². The highest BCUT2D eigenvalue weighted by molar-refractivity contribution is 5.95. The molecule has 0 amide bonds. The zero-order valence-corrected chi connectivity index (χ0v) is 15.6. The Balaban J connectivity index is 1.42. The number of hydrogen-bond donors (Lipinski definition) is 0. The SMILES string of the molecule is COC(=O)c1ccc2cc(OC3CCC4(CCCCC4)CC3)ccc2c1. The van der Waals surface area contributed by atoms with Crippen molar-refractivity contribution in [2.24, 2.45) is 5.41 Å². The zero-order valence-electron chi connectivity index (χ0n) is 15.6. The fraction of sp³-hybridized carbons (Fsp3) is 0.522. The minimum atomic E-state index is -0.300. The largest absolute Gasteiger partial charge is 0.490 e. The minimum Gasteiger partial charge on any atom is -0.490 e. The van der Waals surface area contributed by atoms with E-state index in [-0.39, 0.29) is 5.97 Å². The van der Waals surface area contributed by atoms with E-state index in [0.29, 0.717) is 17.1 Å². The van der Waals surface area contributed by atoms with Crippen LogP contribution >= 0.6 is 0 Å². The van der Waals surface area contributed by atoms with Gasteiger partial charge in [-0.25, -0.2) is 4.79 Å². The van der Waals surface area contributed by atoms with Crippen LogP contribution in [0.2, 0.25) is 0 Å². The Morgan fingerprint density at radius 1 is 0.923 bits per heavy atom. The molecule has 4 rings (SSSR count). The summed E-state index contributed by atoms with van der Waals surface area (Å²) >= 11 is 0. The van der Waals surface area contributed by atoms with Crippen LogP contribution in [0.25, 0.3) is 10.8 Å². The van der Waals surface area contributed by atoms with Gasteiger partial charge in [-0.3, -0.25) is 0 Å². The van der Waals surface area contributed by atoms with E-state index in [4.69, 9.17) is 9.47 Å². The molecule has 3 heteroatoms. The topological polar surface area (TPSA) is 35.5 Å². The average Bonchev–Trinajstić information content (AvgIpc) is 2.69. The molecule has 0 saturated heterocycles. The lowest BCUT2D eigenvalue weighted by Gasteiger charge is -2.42. The first-order chi connectivity index (χ1) is 12.7. The van der Waals surface area contributed by atoms with Crippen LogP contribution in [0, 0.1) is 5.41 Å². The fourth-order valence-electron chi connectivity index (χ4n) is 4.86. The molecule has 0 unspecified atom stereocenters. The highest BCUT2D eigenvalue weighted by Gasteiger charge is 2.36. The number of rotatable bonds is 3. The van der Waals surface area contributed by atoms with Crippen molar-refractivity contribution in [3.8, 4) is 5.75 Å². The summed E-state index contributed by atoms with van der Waals surface area (Å²) in [5.74, 6) is 0.638. The number of esters is 1. The molecule has 2 aromatic rings. The average molecular weight is 352 g/mol. The predicted molar refractivity (Wildman–Crippen MR) is 104 cm³/mol. The van der Waals surface area contributed by atoms with Gasteiger partial charge in [-0.1, -0.05) is 31.4 Å². The Morgan fingerprint density at radius 2 is 1.62 bits per heavy atom. The van der Waals surface area contributed by atoms with Gasteiger partial charge < -0.3 is 9.47 Å². The Hall–Kier alpha value is -2.03. The van der Waals surface area contributed by atoms with Crippen LogP contribution in [0.4, 0.5) is 0 Å². The maximum Gasteiger partial charge on any atom is 0.337 e. The third kappa shape index (κ3) is 3.58. The third-order valence-electron chi connectivity index (χ3n) is 6.44.